The summed E-state index contributed by atoms with van der Waals surface area (Å²) in [4.78, 5) is 24.8. The zero-order chi connectivity index (χ0) is 23.5. The lowest BCUT2D eigenvalue weighted by molar-refractivity contribution is -0.115. The second-order valence-electron chi connectivity index (χ2n) is 7.63. The molecule has 1 aromatic heterocycles. The first-order valence-electron chi connectivity index (χ1n) is 10.5. The molecule has 0 saturated carbocycles. The van der Waals surface area contributed by atoms with Gasteiger partial charge < -0.3 is 9.88 Å². The molecule has 6 nitrogen and oxygen atoms in total. The first-order chi connectivity index (χ1) is 15.9. The van der Waals surface area contributed by atoms with Crippen LogP contribution in [-0.4, -0.2) is 22.1 Å². The van der Waals surface area contributed by atoms with E-state index in [1.165, 1.54) is 12.1 Å². The van der Waals surface area contributed by atoms with Crippen LogP contribution in [0.3, 0.4) is 0 Å². The van der Waals surface area contributed by atoms with Gasteiger partial charge in [0.15, 0.2) is 0 Å². The minimum Gasteiger partial charge on any atom is -0.341 e. The van der Waals surface area contributed by atoms with Gasteiger partial charge in [-0.1, -0.05) is 41.4 Å². The van der Waals surface area contributed by atoms with Crippen molar-refractivity contribution in [1.29, 1.82) is 0 Å². The molecule has 4 rings (SSSR count). The summed E-state index contributed by atoms with van der Waals surface area (Å²) in [6.07, 6.45) is 0.0311. The van der Waals surface area contributed by atoms with Gasteiger partial charge in [0.1, 0.15) is 0 Å². The van der Waals surface area contributed by atoms with E-state index in [0.717, 1.165) is 28.4 Å². The lowest BCUT2D eigenvalue weighted by Crippen LogP contribution is -2.21. The van der Waals surface area contributed by atoms with Crippen molar-refractivity contribution in [3.63, 3.8) is 0 Å². The third-order valence-corrected chi connectivity index (χ3v) is 5.86. The van der Waals surface area contributed by atoms with Crippen LogP contribution in [0.4, 0.5) is 5.69 Å². The molecule has 0 bridgehead atoms. The Morgan fingerprint density at radius 1 is 0.970 bits per heavy atom. The fraction of sp³-hybridized carbons (Fsp3) is 0.160. The summed E-state index contributed by atoms with van der Waals surface area (Å²) >= 11 is 11.9. The highest BCUT2D eigenvalue weighted by Gasteiger charge is 2.13. The van der Waals surface area contributed by atoms with Crippen LogP contribution in [0.2, 0.25) is 10.0 Å². The first kappa shape index (κ1) is 22.8. The number of rotatable bonds is 6. The van der Waals surface area contributed by atoms with Gasteiger partial charge in [-0.25, -0.2) is 5.43 Å². The Morgan fingerprint density at radius 2 is 1.73 bits per heavy atom. The van der Waals surface area contributed by atoms with Crippen molar-refractivity contribution >= 4 is 68.2 Å². The Kier molecular flexibility index (Phi) is 6.67. The normalized spacial score (nSPS) is 11.7. The quantitative estimate of drug-likeness (QED) is 0.252. The molecule has 4 aromatic rings. The molecule has 0 fully saturated rings. The van der Waals surface area contributed by atoms with Crippen LogP contribution in [0.25, 0.3) is 21.8 Å². The van der Waals surface area contributed by atoms with Gasteiger partial charge in [-0.15, -0.1) is 0 Å². The highest BCUT2D eigenvalue weighted by Crippen LogP contribution is 2.31. The fourth-order valence-corrected chi connectivity index (χ4v) is 4.32. The molecule has 2 N–H and O–H groups in total. The zero-order valence-electron chi connectivity index (χ0n) is 18.2. The van der Waals surface area contributed by atoms with E-state index in [9.17, 15) is 9.59 Å². The van der Waals surface area contributed by atoms with Gasteiger partial charge in [-0.05, 0) is 56.3 Å². The van der Waals surface area contributed by atoms with E-state index in [1.807, 2.05) is 30.3 Å². The van der Waals surface area contributed by atoms with Gasteiger partial charge in [0, 0.05) is 44.8 Å². The van der Waals surface area contributed by atoms with Crippen molar-refractivity contribution in [2.24, 2.45) is 5.10 Å². The van der Waals surface area contributed by atoms with Gasteiger partial charge in [0.25, 0.3) is 5.91 Å². The number of para-hydroxylation sites is 1. The van der Waals surface area contributed by atoms with E-state index < -0.39 is 5.91 Å². The number of hydrogen-bond acceptors (Lipinski definition) is 3. The Hall–Kier alpha value is -3.35. The van der Waals surface area contributed by atoms with Crippen LogP contribution in [0.1, 0.15) is 30.6 Å². The summed E-state index contributed by atoms with van der Waals surface area (Å²) in [5, 5.41) is 9.82. The van der Waals surface area contributed by atoms with Gasteiger partial charge >= 0.3 is 0 Å². The van der Waals surface area contributed by atoms with Gasteiger partial charge in [-0.2, -0.15) is 5.10 Å². The predicted octanol–water partition coefficient (Wildman–Crippen LogP) is 6.26. The number of amides is 2. The SMILES string of the molecule is CCn1c2ccccc2c2cc(NC(=O)C/C(C)=N/NC(=O)c3ccc(Cl)cc3Cl)ccc21. The molecule has 0 saturated heterocycles. The highest BCUT2D eigenvalue weighted by molar-refractivity contribution is 6.36. The minimum absolute atomic E-state index is 0.0311. The Bertz CT molecular complexity index is 1410. The summed E-state index contributed by atoms with van der Waals surface area (Å²) in [6, 6.07) is 18.7. The van der Waals surface area contributed by atoms with E-state index >= 15 is 0 Å². The number of carbonyl (C=O) groups excluding carboxylic acids is 2. The molecule has 8 heteroatoms. The zero-order valence-corrected chi connectivity index (χ0v) is 19.7. The molecular weight excluding hydrogens is 459 g/mol. The van der Waals surface area contributed by atoms with E-state index in [-0.39, 0.29) is 22.9 Å². The fourth-order valence-electron chi connectivity index (χ4n) is 3.83. The summed E-state index contributed by atoms with van der Waals surface area (Å²) in [5.74, 6) is -0.706. The molecule has 1 heterocycles. The number of aromatic nitrogens is 1. The molecule has 0 atom stereocenters. The van der Waals surface area contributed by atoms with E-state index in [0.29, 0.717) is 16.4 Å². The second kappa shape index (κ2) is 9.65. The molecule has 0 aliphatic carbocycles. The topological polar surface area (TPSA) is 75.5 Å². The smallest absolute Gasteiger partial charge is 0.272 e. The molecular formula is C25H22Cl2N4O2. The van der Waals surface area contributed by atoms with Gasteiger partial charge in [0.05, 0.1) is 17.0 Å². The molecule has 0 aliphatic heterocycles. The average Bonchev–Trinajstić information content (AvgIpc) is 3.10. The van der Waals surface area contributed by atoms with Crippen molar-refractivity contribution in [3.05, 3.63) is 76.3 Å². The van der Waals surface area contributed by atoms with Crippen molar-refractivity contribution in [2.45, 2.75) is 26.8 Å². The number of carbonyl (C=O) groups is 2. The maximum atomic E-state index is 12.5. The van der Waals surface area contributed by atoms with Gasteiger partial charge in [0.2, 0.25) is 5.91 Å². The Labute approximate surface area is 201 Å². The number of anilines is 1. The Morgan fingerprint density at radius 3 is 2.48 bits per heavy atom. The molecule has 0 spiro atoms. The third kappa shape index (κ3) is 4.87. The largest absolute Gasteiger partial charge is 0.341 e. The molecule has 0 radical (unpaired) electrons. The minimum atomic E-state index is -0.478. The van der Waals surface area contributed by atoms with Crippen LogP contribution in [0, 0.1) is 0 Å². The van der Waals surface area contributed by atoms with Crippen LogP contribution in [0.5, 0.6) is 0 Å². The maximum absolute atomic E-state index is 12.5. The molecule has 168 valence electrons. The van der Waals surface area contributed by atoms with Crippen LogP contribution in [-0.2, 0) is 11.3 Å². The lowest BCUT2D eigenvalue weighted by atomic mass is 10.1. The molecule has 0 aliphatic rings. The standard InChI is InChI=1S/C25H22Cl2N4O2/c1-3-31-22-7-5-4-6-18(22)20-14-17(9-11-23(20)31)28-24(32)12-15(2)29-30-25(33)19-10-8-16(26)13-21(19)27/h4-11,13-14H,3,12H2,1-2H3,(H,28,32)(H,30,33)/b29-15+. The summed E-state index contributed by atoms with van der Waals surface area (Å²) in [6.45, 7) is 4.64. The summed E-state index contributed by atoms with van der Waals surface area (Å²) in [7, 11) is 0. The lowest BCUT2D eigenvalue weighted by Gasteiger charge is -2.07. The van der Waals surface area contributed by atoms with E-state index in [4.69, 9.17) is 23.2 Å². The van der Waals surface area contributed by atoms with Crippen molar-refractivity contribution < 1.29 is 9.59 Å². The van der Waals surface area contributed by atoms with Crippen LogP contribution in [0.15, 0.2) is 65.8 Å². The molecule has 0 unspecified atom stereocenters. The number of fused-ring (bicyclic) bond motifs is 3. The third-order valence-electron chi connectivity index (χ3n) is 5.31. The maximum Gasteiger partial charge on any atom is 0.272 e. The van der Waals surface area contributed by atoms with Crippen molar-refractivity contribution in [3.8, 4) is 0 Å². The monoisotopic (exact) mass is 480 g/mol. The molecule has 3 aromatic carbocycles. The first-order valence-corrected chi connectivity index (χ1v) is 11.2. The van der Waals surface area contributed by atoms with Gasteiger partial charge in [-0.3, -0.25) is 9.59 Å². The van der Waals surface area contributed by atoms with E-state index in [2.05, 4.69) is 39.5 Å². The second-order valence-corrected chi connectivity index (χ2v) is 8.47. The number of hydrazone groups is 1. The molecule has 33 heavy (non-hydrogen) atoms. The summed E-state index contributed by atoms with van der Waals surface area (Å²) in [5.41, 5.74) is 6.12. The number of nitrogens with one attached hydrogen (secondary N) is 2. The summed E-state index contributed by atoms with van der Waals surface area (Å²) < 4.78 is 2.25. The number of hydrogen-bond donors (Lipinski definition) is 2. The van der Waals surface area contributed by atoms with Crippen molar-refractivity contribution in [2.75, 3.05) is 5.32 Å². The number of benzene rings is 3. The molecule has 2 amide bonds. The highest BCUT2D eigenvalue weighted by atomic mass is 35.5. The number of nitrogens with zero attached hydrogens (tertiary/aromatic N) is 2. The average molecular weight is 481 g/mol. The van der Waals surface area contributed by atoms with Crippen LogP contribution < -0.4 is 10.7 Å². The predicted molar refractivity (Wildman–Crippen MR) is 135 cm³/mol. The number of aryl methyl sites for hydroxylation is 1. The number of halogens is 2. The Balaban J connectivity index is 1.45. The van der Waals surface area contributed by atoms with Crippen molar-refractivity contribution in [1.82, 2.24) is 9.99 Å². The van der Waals surface area contributed by atoms with E-state index in [1.54, 1.807) is 13.0 Å². The van der Waals surface area contributed by atoms with Crippen LogP contribution >= 0.6 is 23.2 Å².